The van der Waals surface area contributed by atoms with Crippen LogP contribution in [0.2, 0.25) is 0 Å². The van der Waals surface area contributed by atoms with Crippen molar-refractivity contribution >= 4 is 5.97 Å². The third-order valence-corrected chi connectivity index (χ3v) is 4.93. The van der Waals surface area contributed by atoms with Crippen LogP contribution in [0.15, 0.2) is 54.6 Å². The zero-order valence-electron chi connectivity index (χ0n) is 15.4. The van der Waals surface area contributed by atoms with Crippen molar-refractivity contribution < 1.29 is 9.53 Å². The van der Waals surface area contributed by atoms with Crippen LogP contribution in [0, 0.1) is 22.2 Å². The topological polar surface area (TPSA) is 50.1 Å². The minimum Gasteiger partial charge on any atom is -0.426 e. The van der Waals surface area contributed by atoms with Crippen molar-refractivity contribution in [3.8, 4) is 22.9 Å². The Morgan fingerprint density at radius 2 is 1.60 bits per heavy atom. The standard InChI is InChI=1S/C22H25NO2/c1-21(2,3)22(4,16-23)15-14-20(24)25-19-13-9-8-12-18(19)17-10-6-5-7-11-17/h5-13H,14-15H2,1-4H3. The van der Waals surface area contributed by atoms with Gasteiger partial charge in [-0.05, 0) is 30.4 Å². The fourth-order valence-electron chi connectivity index (χ4n) is 2.54. The van der Waals surface area contributed by atoms with Crippen molar-refractivity contribution in [2.24, 2.45) is 10.8 Å². The van der Waals surface area contributed by atoms with E-state index in [4.69, 9.17) is 4.74 Å². The van der Waals surface area contributed by atoms with E-state index >= 15 is 0 Å². The highest BCUT2D eigenvalue weighted by atomic mass is 16.5. The molecule has 0 aliphatic carbocycles. The van der Waals surface area contributed by atoms with E-state index in [0.29, 0.717) is 12.2 Å². The molecule has 2 aromatic rings. The van der Waals surface area contributed by atoms with Gasteiger partial charge in [0.15, 0.2) is 0 Å². The molecule has 0 aliphatic heterocycles. The van der Waals surface area contributed by atoms with Crippen LogP contribution in [-0.2, 0) is 4.79 Å². The average molecular weight is 335 g/mol. The highest BCUT2D eigenvalue weighted by Gasteiger charge is 2.38. The molecule has 0 saturated carbocycles. The fourth-order valence-corrected chi connectivity index (χ4v) is 2.54. The molecule has 0 fully saturated rings. The summed E-state index contributed by atoms with van der Waals surface area (Å²) in [6.07, 6.45) is 0.684. The summed E-state index contributed by atoms with van der Waals surface area (Å²) in [7, 11) is 0. The lowest BCUT2D eigenvalue weighted by atomic mass is 9.66. The zero-order valence-corrected chi connectivity index (χ0v) is 15.4. The molecule has 130 valence electrons. The van der Waals surface area contributed by atoms with Crippen molar-refractivity contribution in [3.63, 3.8) is 0 Å². The molecule has 0 radical (unpaired) electrons. The van der Waals surface area contributed by atoms with Crippen LogP contribution < -0.4 is 4.74 Å². The first-order valence-corrected chi connectivity index (χ1v) is 8.53. The molecule has 0 N–H and O–H groups in total. The second-order valence-corrected chi connectivity index (χ2v) is 7.53. The molecule has 3 heteroatoms. The summed E-state index contributed by atoms with van der Waals surface area (Å²) in [5.41, 5.74) is 1.10. The van der Waals surface area contributed by atoms with Gasteiger partial charge in [-0.1, -0.05) is 69.3 Å². The Balaban J connectivity index is 2.11. The number of carbonyl (C=O) groups is 1. The van der Waals surface area contributed by atoms with Gasteiger partial charge in [-0.25, -0.2) is 0 Å². The molecule has 0 amide bonds. The maximum Gasteiger partial charge on any atom is 0.311 e. The number of benzene rings is 2. The van der Waals surface area contributed by atoms with Crippen LogP contribution >= 0.6 is 0 Å². The first kappa shape index (κ1) is 18.7. The number of ether oxygens (including phenoxy) is 1. The second kappa shape index (κ2) is 7.53. The van der Waals surface area contributed by atoms with Crippen molar-refractivity contribution in [3.05, 3.63) is 54.6 Å². The van der Waals surface area contributed by atoms with Crippen molar-refractivity contribution in [2.45, 2.75) is 40.5 Å². The first-order chi connectivity index (χ1) is 11.8. The summed E-state index contributed by atoms with van der Waals surface area (Å²) in [5.74, 6) is 0.238. The minimum absolute atomic E-state index is 0.204. The molecular formula is C22H25NO2. The Hall–Kier alpha value is -2.60. The Morgan fingerprint density at radius 1 is 1.00 bits per heavy atom. The van der Waals surface area contributed by atoms with Gasteiger partial charge < -0.3 is 4.74 Å². The van der Waals surface area contributed by atoms with Gasteiger partial charge in [0.25, 0.3) is 0 Å². The van der Waals surface area contributed by atoms with Gasteiger partial charge in [0.05, 0.1) is 11.5 Å². The molecule has 0 aromatic heterocycles. The van der Waals surface area contributed by atoms with Gasteiger partial charge in [-0.15, -0.1) is 0 Å². The van der Waals surface area contributed by atoms with E-state index in [9.17, 15) is 10.1 Å². The van der Waals surface area contributed by atoms with Crippen molar-refractivity contribution in [2.75, 3.05) is 0 Å². The average Bonchev–Trinajstić information content (AvgIpc) is 2.60. The predicted molar refractivity (Wildman–Crippen MR) is 99.9 cm³/mol. The van der Waals surface area contributed by atoms with Crippen molar-refractivity contribution in [1.82, 2.24) is 0 Å². The van der Waals surface area contributed by atoms with Gasteiger partial charge in [0.2, 0.25) is 0 Å². The Kier molecular flexibility index (Phi) is 5.64. The number of esters is 1. The number of rotatable bonds is 5. The molecule has 0 heterocycles. The summed E-state index contributed by atoms with van der Waals surface area (Å²) in [5, 5.41) is 9.51. The summed E-state index contributed by atoms with van der Waals surface area (Å²) in [4.78, 5) is 12.4. The summed E-state index contributed by atoms with van der Waals surface area (Å²) in [6.45, 7) is 7.96. The van der Waals surface area contributed by atoms with Gasteiger partial charge in [0.1, 0.15) is 5.75 Å². The molecule has 2 aromatic carbocycles. The van der Waals surface area contributed by atoms with E-state index < -0.39 is 5.41 Å². The second-order valence-electron chi connectivity index (χ2n) is 7.53. The normalized spacial score (nSPS) is 13.6. The maximum atomic E-state index is 12.4. The number of para-hydroxylation sites is 1. The van der Waals surface area contributed by atoms with E-state index in [0.717, 1.165) is 11.1 Å². The smallest absolute Gasteiger partial charge is 0.311 e. The van der Waals surface area contributed by atoms with Crippen LogP contribution in [0.5, 0.6) is 5.75 Å². The lowest BCUT2D eigenvalue weighted by Gasteiger charge is -2.35. The van der Waals surface area contributed by atoms with E-state index in [1.165, 1.54) is 0 Å². The predicted octanol–water partition coefficient (Wildman–Crippen LogP) is 5.62. The lowest BCUT2D eigenvalue weighted by Crippen LogP contribution is -2.32. The highest BCUT2D eigenvalue weighted by Crippen LogP contribution is 2.41. The Labute approximate surface area is 150 Å². The first-order valence-electron chi connectivity index (χ1n) is 8.53. The quantitative estimate of drug-likeness (QED) is 0.526. The van der Waals surface area contributed by atoms with Crippen LogP contribution in [-0.4, -0.2) is 5.97 Å². The SMILES string of the molecule is CC(C)(C)C(C)(C#N)CCC(=O)Oc1ccccc1-c1ccccc1. The van der Waals surface area contributed by atoms with E-state index in [2.05, 4.69) is 6.07 Å². The summed E-state index contributed by atoms with van der Waals surface area (Å²) < 4.78 is 5.60. The number of carbonyl (C=O) groups excluding carboxylic acids is 1. The van der Waals surface area contributed by atoms with Crippen molar-refractivity contribution in [1.29, 1.82) is 5.26 Å². The van der Waals surface area contributed by atoms with E-state index in [1.807, 2.05) is 76.2 Å². The van der Waals surface area contributed by atoms with Crippen LogP contribution in [0.3, 0.4) is 0 Å². The molecule has 1 unspecified atom stereocenters. The van der Waals surface area contributed by atoms with Crippen LogP contribution in [0.25, 0.3) is 11.1 Å². The lowest BCUT2D eigenvalue weighted by molar-refractivity contribution is -0.135. The molecule has 1 atom stereocenters. The third-order valence-electron chi connectivity index (χ3n) is 4.93. The Bertz CT molecular complexity index is 769. The number of nitrogens with zero attached hydrogens (tertiary/aromatic N) is 1. The summed E-state index contributed by atoms with van der Waals surface area (Å²) in [6, 6.07) is 19.7. The third kappa shape index (κ3) is 4.48. The molecule has 0 bridgehead atoms. The van der Waals surface area contributed by atoms with E-state index in [-0.39, 0.29) is 17.8 Å². The minimum atomic E-state index is -0.578. The van der Waals surface area contributed by atoms with Gasteiger partial charge in [-0.3, -0.25) is 4.79 Å². The molecule has 2 rings (SSSR count). The molecule has 25 heavy (non-hydrogen) atoms. The highest BCUT2D eigenvalue weighted by molar-refractivity contribution is 5.78. The largest absolute Gasteiger partial charge is 0.426 e. The monoisotopic (exact) mass is 335 g/mol. The van der Waals surface area contributed by atoms with Gasteiger partial charge in [-0.2, -0.15) is 5.26 Å². The molecular weight excluding hydrogens is 310 g/mol. The molecule has 0 spiro atoms. The summed E-state index contributed by atoms with van der Waals surface area (Å²) >= 11 is 0. The van der Waals surface area contributed by atoms with Gasteiger partial charge >= 0.3 is 5.97 Å². The number of nitriles is 1. The maximum absolute atomic E-state index is 12.4. The van der Waals surface area contributed by atoms with Crippen LogP contribution in [0.4, 0.5) is 0 Å². The molecule has 0 aliphatic rings. The van der Waals surface area contributed by atoms with Crippen LogP contribution in [0.1, 0.15) is 40.5 Å². The van der Waals surface area contributed by atoms with E-state index in [1.54, 1.807) is 6.07 Å². The Morgan fingerprint density at radius 3 is 2.20 bits per heavy atom. The molecule has 0 saturated heterocycles. The van der Waals surface area contributed by atoms with Gasteiger partial charge in [0, 0.05) is 12.0 Å². The number of hydrogen-bond acceptors (Lipinski definition) is 3. The molecule has 3 nitrogen and oxygen atoms in total. The fraction of sp³-hybridized carbons (Fsp3) is 0.364. The zero-order chi connectivity index (χ0) is 18.5. The number of hydrogen-bond donors (Lipinski definition) is 0.